The van der Waals surface area contributed by atoms with Crippen LogP contribution in [-0.4, -0.2) is 15.8 Å². The van der Waals surface area contributed by atoms with Gasteiger partial charge in [-0.15, -0.1) is 0 Å². The summed E-state index contributed by atoms with van der Waals surface area (Å²) in [5.41, 5.74) is 7.80. The molecule has 0 saturated carbocycles. The van der Waals surface area contributed by atoms with Gasteiger partial charge in [0, 0.05) is 65.2 Å². The highest BCUT2D eigenvalue weighted by Gasteiger charge is 2.55. The van der Waals surface area contributed by atoms with Gasteiger partial charge in [0.25, 0.3) is 0 Å². The molecule has 18 rings (SSSR count). The smallest absolute Gasteiger partial charge is 0.247 e. The fourth-order valence-electron chi connectivity index (χ4n) is 14.3. The van der Waals surface area contributed by atoms with Crippen LogP contribution in [0.4, 0.5) is 17.1 Å². The first-order chi connectivity index (χ1) is 52.0. The van der Waals surface area contributed by atoms with Gasteiger partial charge in [0.2, 0.25) is 6.71 Å². The summed E-state index contributed by atoms with van der Waals surface area (Å²) < 4.78 is 201. The highest BCUT2D eigenvalue weighted by Crippen LogP contribution is 2.59. The van der Waals surface area contributed by atoms with Crippen LogP contribution in [0.1, 0.15) is 77.4 Å². The summed E-state index contributed by atoms with van der Waals surface area (Å²) in [5.74, 6) is 0. The number of benzene rings is 13. The van der Waals surface area contributed by atoms with E-state index in [1.54, 1.807) is 23.9 Å². The highest BCUT2D eigenvalue weighted by molar-refractivity contribution is 7.99. The predicted molar refractivity (Wildman–Crippen MR) is 372 cm³/mol. The normalized spacial score (nSPS) is 17.0. The van der Waals surface area contributed by atoms with Crippen molar-refractivity contribution < 1.29 is 28.8 Å². The van der Waals surface area contributed by atoms with E-state index in [0.717, 1.165) is 37.6 Å². The Labute approximate surface area is 547 Å². The second kappa shape index (κ2) is 19.3. The van der Waals surface area contributed by atoms with Crippen LogP contribution in [0.25, 0.3) is 88.4 Å². The lowest BCUT2D eigenvalue weighted by atomic mass is 9.29. The molecule has 0 unspecified atom stereocenters. The van der Waals surface area contributed by atoms with Crippen LogP contribution in [0, 0.1) is 0 Å². The summed E-state index contributed by atoms with van der Waals surface area (Å²) in [7, 11) is 0. The van der Waals surface area contributed by atoms with Gasteiger partial charge < -0.3 is 14.0 Å². The average Bonchev–Trinajstić information content (AvgIpc) is 1.26. The van der Waals surface area contributed by atoms with Crippen LogP contribution >= 0.6 is 11.8 Å². The number of hydrogen-bond donors (Lipinski definition) is 0. The summed E-state index contributed by atoms with van der Waals surface area (Å²) in [6, 6.07) is 42.8. The predicted octanol–water partition coefficient (Wildman–Crippen LogP) is 19.6. The first-order valence-electron chi connectivity index (χ1n) is 39.5. The fourth-order valence-corrected chi connectivity index (χ4v) is 15.5. The van der Waals surface area contributed by atoms with Gasteiger partial charge in [-0.3, -0.25) is 0 Å². The Kier molecular flexibility index (Phi) is 7.50. The van der Waals surface area contributed by atoms with Crippen molar-refractivity contribution in [3.8, 4) is 44.8 Å². The summed E-state index contributed by atoms with van der Waals surface area (Å²) in [5, 5.41) is -0.631. The highest BCUT2D eigenvalue weighted by atomic mass is 32.2. The SMILES string of the molecule is [2H]c1c([2H])c([2H])c(-c2ccc3c(c2)B2c4ccc(-n5c6c([2H])c([2H])c([2H])c([2H])c6c6c([2H])c([2H])c([2H])c([2H])c65)cc4N(c4c(-c5ccccc5)cc(C(C)(C)C)cc4-c4ccccc4)c4cc(-n5c6c([2H])c([2H])c([2H])c([2H])c6c6c([2H])c([2H])c([2H])c([2H])c65)cc(c42)C32c3ccccc3Sc3ccccc32)c([2H])c1[2H]. The van der Waals surface area contributed by atoms with E-state index < -0.39 is 144 Å². The Hall–Kier alpha value is -10.3. The summed E-state index contributed by atoms with van der Waals surface area (Å²) >= 11 is 1.56. The largest absolute Gasteiger partial charge is 0.310 e. The molecule has 0 atom stereocenters. The quantitative estimate of drug-likeness (QED) is 0.154. The minimum Gasteiger partial charge on any atom is -0.310 e. The van der Waals surface area contributed by atoms with E-state index in [4.69, 9.17) is 6.85 Å². The van der Waals surface area contributed by atoms with Crippen molar-refractivity contribution in [3.63, 3.8) is 0 Å². The van der Waals surface area contributed by atoms with E-state index in [1.807, 2.05) is 133 Å². The number of aromatic nitrogens is 2. The monoisotopic (exact) mass is 1160 g/mol. The zero-order valence-corrected chi connectivity index (χ0v) is 48.3. The van der Waals surface area contributed by atoms with Gasteiger partial charge in [-0.05, 0) is 139 Å². The molecule has 0 aliphatic carbocycles. The third kappa shape index (κ3) is 7.35. The van der Waals surface area contributed by atoms with E-state index in [2.05, 4.69) is 49.9 Å². The summed E-state index contributed by atoms with van der Waals surface area (Å²) in [4.78, 5) is 3.80. The number of nitrogens with zero attached hydrogens (tertiary/aromatic N) is 3. The molecular formula is C83H58BN3S. The molecule has 15 aromatic rings. The third-order valence-electron chi connectivity index (χ3n) is 18.0. The molecule has 0 saturated heterocycles. The van der Waals surface area contributed by atoms with E-state index in [9.17, 15) is 21.9 Å². The van der Waals surface area contributed by atoms with Gasteiger partial charge in [0.1, 0.15) is 0 Å². The molecule has 3 nitrogen and oxygen atoms in total. The maximum atomic E-state index is 10.1. The lowest BCUT2D eigenvalue weighted by Gasteiger charge is -2.51. The zero-order chi connectivity index (χ0) is 76.7. The second-order valence-electron chi connectivity index (χ2n) is 23.6. The topological polar surface area (TPSA) is 13.1 Å². The van der Waals surface area contributed by atoms with Crippen LogP contribution in [0.3, 0.4) is 0 Å². The van der Waals surface area contributed by atoms with Gasteiger partial charge in [0.15, 0.2) is 0 Å². The molecule has 3 aliphatic heterocycles. The molecule has 414 valence electrons. The molecule has 5 heteroatoms. The molecule has 88 heavy (non-hydrogen) atoms. The molecular weight excluding hydrogens is 1080 g/mol. The molecule has 0 fully saturated rings. The van der Waals surface area contributed by atoms with Crippen LogP contribution in [0.5, 0.6) is 0 Å². The van der Waals surface area contributed by atoms with Gasteiger partial charge >= 0.3 is 0 Å². The molecule has 13 aromatic carbocycles. The van der Waals surface area contributed by atoms with E-state index in [-0.39, 0.29) is 66.1 Å². The van der Waals surface area contributed by atoms with E-state index in [0.29, 0.717) is 55.7 Å². The van der Waals surface area contributed by atoms with Crippen molar-refractivity contribution in [2.45, 2.75) is 41.4 Å². The Morgan fingerprint density at radius 1 is 0.386 bits per heavy atom. The Morgan fingerprint density at radius 3 is 1.42 bits per heavy atom. The average molecular weight is 1160 g/mol. The van der Waals surface area contributed by atoms with Crippen molar-refractivity contribution in [2.75, 3.05) is 4.90 Å². The molecule has 0 radical (unpaired) electrons. The Bertz CT molecular complexity index is 6380. The molecule has 0 amide bonds. The van der Waals surface area contributed by atoms with Crippen molar-refractivity contribution >= 4 is 95.5 Å². The molecule has 0 bridgehead atoms. The van der Waals surface area contributed by atoms with Crippen LogP contribution in [-0.2, 0) is 10.8 Å². The number of anilines is 3. The lowest BCUT2D eigenvalue weighted by molar-refractivity contribution is 0.591. The second-order valence-corrected chi connectivity index (χ2v) is 24.6. The number of hydrogen-bond acceptors (Lipinski definition) is 2. The van der Waals surface area contributed by atoms with Gasteiger partial charge in [-0.25, -0.2) is 0 Å². The van der Waals surface area contributed by atoms with Crippen molar-refractivity contribution in [1.82, 2.24) is 9.13 Å². The Morgan fingerprint density at radius 2 is 0.875 bits per heavy atom. The molecule has 2 aromatic heterocycles. The van der Waals surface area contributed by atoms with Crippen molar-refractivity contribution in [2.24, 2.45) is 0 Å². The first kappa shape index (κ1) is 34.1. The minimum absolute atomic E-state index is 0.0721. The third-order valence-corrected chi connectivity index (χ3v) is 19.1. The van der Waals surface area contributed by atoms with E-state index in [1.165, 1.54) is 9.13 Å². The molecule has 1 spiro atoms. The maximum absolute atomic E-state index is 10.1. The molecule has 5 heterocycles. The van der Waals surface area contributed by atoms with Crippen molar-refractivity contribution in [3.05, 3.63) is 325 Å². The van der Waals surface area contributed by atoms with Gasteiger partial charge in [-0.2, -0.15) is 0 Å². The van der Waals surface area contributed by atoms with Crippen LogP contribution < -0.4 is 21.3 Å². The van der Waals surface area contributed by atoms with Gasteiger partial charge in [-0.1, -0.05) is 262 Å². The van der Waals surface area contributed by atoms with Crippen LogP contribution in [0.15, 0.2) is 307 Å². The zero-order valence-electron chi connectivity index (χ0n) is 68.5. The van der Waals surface area contributed by atoms with Crippen LogP contribution in [0.2, 0.25) is 0 Å². The lowest BCUT2D eigenvalue weighted by Crippen LogP contribution is -2.65. The fraction of sp³-hybridized carbons (Fsp3) is 0.0602. The number of fused-ring (bicyclic) bond motifs is 16. The Balaban J connectivity index is 1.13. The van der Waals surface area contributed by atoms with Crippen molar-refractivity contribution in [1.29, 1.82) is 0 Å². The van der Waals surface area contributed by atoms with E-state index >= 15 is 0 Å². The first-order valence-corrected chi connectivity index (χ1v) is 29.9. The molecule has 0 N–H and O–H groups in total. The minimum atomic E-state index is -1.47. The summed E-state index contributed by atoms with van der Waals surface area (Å²) in [6.07, 6.45) is 0. The summed E-state index contributed by atoms with van der Waals surface area (Å²) in [6.45, 7) is 5.37. The maximum Gasteiger partial charge on any atom is 0.247 e. The van der Waals surface area contributed by atoms with Gasteiger partial charge in [0.05, 0.1) is 62.0 Å². The standard InChI is InChI=1S/C83H58BN3S/c1-82(2,3)57-48-64(54-27-9-5-10-28-54)81(65(49-57)55-29-11-6-12-30-55)87-76-51-58(85-72-37-19-13-31-60(72)61-32-14-20-38-73(61)85)44-46-70(76)84-71-47-56(53-25-7-4-8-26-53)43-45-66(71)83(67-35-17-23-41-78(67)88-79-42-24-18-36-68(79)83)69-50-59(52-77(87)80(69)84)86-74-39-21-15-33-62(74)63-34-16-22-40-75(63)86/h4-52H,1-3H3/i4D,7D,8D,13D,14D,15D,16D,19D,20D,21D,22D,25D,26D,31D,32D,33D,34D,37D,38D,39D,40D. The number of rotatable bonds is 6. The number of para-hydroxylation sites is 4. The molecule has 3 aliphatic rings.